The lowest BCUT2D eigenvalue weighted by molar-refractivity contribution is -0.143. The van der Waals surface area contributed by atoms with Gasteiger partial charge in [0.25, 0.3) is 0 Å². The molecule has 1 aromatic rings. The molecule has 0 aromatic heterocycles. The molecule has 10 atom stereocenters. The van der Waals surface area contributed by atoms with Gasteiger partial charge in [-0.1, -0.05) is 153 Å². The summed E-state index contributed by atoms with van der Waals surface area (Å²) in [7, 11) is 0. The molecule has 7 heteroatoms. The molecule has 7 nitrogen and oxygen atoms in total. The molecule has 1 aromatic carbocycles. The average molecular weight is 922 g/mol. The van der Waals surface area contributed by atoms with E-state index in [0.717, 1.165) is 95.3 Å². The highest BCUT2D eigenvalue weighted by molar-refractivity contribution is 5.76. The number of benzene rings is 1. The van der Waals surface area contributed by atoms with Crippen LogP contribution in [0.1, 0.15) is 219 Å². The highest BCUT2D eigenvalue weighted by atomic mass is 16.6. The molecule has 10 unspecified atom stereocenters. The predicted octanol–water partition coefficient (Wildman–Crippen LogP) is 16.4. The van der Waals surface area contributed by atoms with Crippen molar-refractivity contribution in [1.29, 1.82) is 0 Å². The average Bonchev–Trinajstić information content (AvgIpc) is 4.32. The Bertz CT molecular complexity index is 981. The molecule has 5 saturated carbocycles. The Morgan fingerprint density at radius 1 is 0.385 bits per heavy atom. The maximum absolute atomic E-state index is 11.1. The monoisotopic (exact) mass is 921 g/mol. The van der Waals surface area contributed by atoms with Crippen LogP contribution in [0.2, 0.25) is 0 Å². The molecule has 6 heterocycles. The second-order valence-corrected chi connectivity index (χ2v) is 16.8. The summed E-state index contributed by atoms with van der Waals surface area (Å²) in [4.78, 5) is 11.1. The van der Waals surface area contributed by atoms with E-state index >= 15 is 0 Å². The van der Waals surface area contributed by atoms with E-state index < -0.39 is 0 Å². The van der Waals surface area contributed by atoms with Crippen LogP contribution in [0.15, 0.2) is 36.4 Å². The third-order valence-electron chi connectivity index (χ3n) is 12.9. The van der Waals surface area contributed by atoms with Crippen LogP contribution in [0, 0.1) is 41.4 Å². The standard InChI is InChI=1S/C8H10O2.C8H12O.C7H12O.C6H12O.C6H6.C5H10O.C4H8O.7C2H6/c9-8-6-2-4-1-5(6)7(3-4)10-8;1-5-2-7-6(1)4-9-8(7)3-5;1-2-6-4-7(3-1)8-5-6;1-2-4-6-7-5-3-1;2*1-2-4-6-5-3-1;1-2-4-5-3-1;7*1-2/h4-7H,1-3H2;5-8H,1-4H2;6-7H,1-5H2;1-6H2;1-6H;1-5H2;1-4H2;7*1-2H3. The zero-order chi connectivity index (χ0) is 48.9. The summed E-state index contributed by atoms with van der Waals surface area (Å²) < 4.78 is 31.5. The van der Waals surface area contributed by atoms with E-state index in [1.54, 1.807) is 0 Å². The number of hydrogen-bond acceptors (Lipinski definition) is 7. The van der Waals surface area contributed by atoms with Crippen molar-refractivity contribution in [1.82, 2.24) is 0 Å². The molecule has 11 aliphatic rings. The molecule has 0 spiro atoms. The summed E-state index contributed by atoms with van der Waals surface area (Å²) in [6.45, 7) is 36.1. The molecule has 12 rings (SSSR count). The minimum absolute atomic E-state index is 0.0926. The quantitative estimate of drug-likeness (QED) is 0.240. The predicted molar refractivity (Wildman–Crippen MR) is 280 cm³/mol. The Balaban J connectivity index is 0. The first-order valence-electron chi connectivity index (χ1n) is 28.4. The molecule has 0 radical (unpaired) electrons. The summed E-state index contributed by atoms with van der Waals surface area (Å²) in [6, 6.07) is 12.0. The lowest BCUT2D eigenvalue weighted by Crippen LogP contribution is -2.15. The van der Waals surface area contributed by atoms with Gasteiger partial charge in [-0.05, 0) is 132 Å². The lowest BCUT2D eigenvalue weighted by atomic mass is 9.90. The Kier molecular flexibility index (Phi) is 48.0. The number of esters is 1. The molecule has 386 valence electrons. The molecule has 11 fully saturated rings. The maximum Gasteiger partial charge on any atom is 0.309 e. The number of ether oxygens (including phenoxy) is 6. The van der Waals surface area contributed by atoms with Crippen molar-refractivity contribution in [3.63, 3.8) is 0 Å². The number of carbonyl (C=O) groups excluding carboxylic acids is 1. The van der Waals surface area contributed by atoms with Gasteiger partial charge in [-0.25, -0.2) is 0 Å². The summed E-state index contributed by atoms with van der Waals surface area (Å²) in [6.07, 6.45) is 26.9. The first kappa shape index (κ1) is 65.6. The zero-order valence-corrected chi connectivity index (χ0v) is 45.7. The van der Waals surface area contributed by atoms with Gasteiger partial charge in [-0.2, -0.15) is 0 Å². The van der Waals surface area contributed by atoms with Crippen molar-refractivity contribution >= 4 is 5.97 Å². The summed E-state index contributed by atoms with van der Waals surface area (Å²) in [5.41, 5.74) is 0. The fourth-order valence-electron chi connectivity index (χ4n) is 10.2. The van der Waals surface area contributed by atoms with Crippen molar-refractivity contribution < 1.29 is 33.2 Å². The smallest absolute Gasteiger partial charge is 0.309 e. The molecule has 65 heavy (non-hydrogen) atoms. The van der Waals surface area contributed by atoms with Gasteiger partial charge in [0.15, 0.2) is 0 Å². The first-order chi connectivity index (χ1) is 32.2. The van der Waals surface area contributed by atoms with Gasteiger partial charge in [0.2, 0.25) is 0 Å². The Labute approximate surface area is 405 Å². The van der Waals surface area contributed by atoms with Crippen LogP contribution >= 0.6 is 0 Å². The topological polar surface area (TPSA) is 72.5 Å². The normalized spacial score (nSPS) is 30.6. The van der Waals surface area contributed by atoms with Gasteiger partial charge >= 0.3 is 5.97 Å². The van der Waals surface area contributed by atoms with Gasteiger partial charge in [0.1, 0.15) is 6.10 Å². The molecular formula is C58H112O7. The fourth-order valence-corrected chi connectivity index (χ4v) is 10.2. The van der Waals surface area contributed by atoms with Crippen molar-refractivity contribution in [2.75, 3.05) is 52.9 Å². The van der Waals surface area contributed by atoms with E-state index in [9.17, 15) is 4.79 Å². The van der Waals surface area contributed by atoms with Gasteiger partial charge in [0, 0.05) is 52.2 Å². The second kappa shape index (κ2) is 47.6. The minimum Gasteiger partial charge on any atom is -0.462 e. The van der Waals surface area contributed by atoms with Gasteiger partial charge < -0.3 is 28.4 Å². The highest BCUT2D eigenvalue weighted by Crippen LogP contribution is 2.54. The Morgan fingerprint density at radius 2 is 0.815 bits per heavy atom. The van der Waals surface area contributed by atoms with Crippen molar-refractivity contribution in [3.8, 4) is 0 Å². The zero-order valence-electron chi connectivity index (χ0n) is 45.7. The first-order valence-corrected chi connectivity index (χ1v) is 28.4. The van der Waals surface area contributed by atoms with Gasteiger partial charge in [-0.3, -0.25) is 4.79 Å². The summed E-state index contributed by atoms with van der Waals surface area (Å²) in [5, 5.41) is 0. The van der Waals surface area contributed by atoms with Crippen LogP contribution in [0.5, 0.6) is 0 Å². The molecule has 0 amide bonds. The number of hydrogen-bond donors (Lipinski definition) is 0. The third-order valence-corrected chi connectivity index (χ3v) is 12.9. The second-order valence-electron chi connectivity index (χ2n) is 16.8. The molecule has 6 bridgehead atoms. The lowest BCUT2D eigenvalue weighted by Gasteiger charge is -2.14. The number of carbonyl (C=O) groups is 1. The van der Waals surface area contributed by atoms with Crippen LogP contribution in [-0.2, 0) is 33.2 Å². The van der Waals surface area contributed by atoms with Crippen LogP contribution in [0.4, 0.5) is 0 Å². The van der Waals surface area contributed by atoms with Crippen LogP contribution < -0.4 is 0 Å². The largest absolute Gasteiger partial charge is 0.462 e. The molecule has 6 aliphatic heterocycles. The van der Waals surface area contributed by atoms with Crippen LogP contribution in [0.3, 0.4) is 0 Å². The maximum atomic E-state index is 11.1. The summed E-state index contributed by atoms with van der Waals surface area (Å²) >= 11 is 0. The van der Waals surface area contributed by atoms with E-state index in [2.05, 4.69) is 0 Å². The van der Waals surface area contributed by atoms with E-state index in [4.69, 9.17) is 28.4 Å². The molecule has 0 N–H and O–H groups in total. The van der Waals surface area contributed by atoms with E-state index in [0.29, 0.717) is 30.1 Å². The Hall–Kier alpha value is -1.51. The molecule has 5 aliphatic carbocycles. The Morgan fingerprint density at radius 3 is 1.17 bits per heavy atom. The highest BCUT2D eigenvalue weighted by Gasteiger charge is 2.56. The van der Waals surface area contributed by atoms with Gasteiger partial charge in [0.05, 0.1) is 24.7 Å². The molecule has 6 saturated heterocycles. The number of rotatable bonds is 0. The molecular weight excluding hydrogens is 809 g/mol. The van der Waals surface area contributed by atoms with Crippen LogP contribution in [0.25, 0.3) is 0 Å². The van der Waals surface area contributed by atoms with Gasteiger partial charge in [-0.15, -0.1) is 0 Å². The van der Waals surface area contributed by atoms with E-state index in [-0.39, 0.29) is 5.97 Å². The van der Waals surface area contributed by atoms with E-state index in [1.807, 2.05) is 133 Å². The fraction of sp³-hybridized carbons (Fsp3) is 0.879. The third kappa shape index (κ3) is 27.9. The SMILES string of the molecule is C1CC2COC(C1)C2.C1CCCOCC1.C1CCOC1.C1CCOCC1.C1OC2CC3CC1C2C3.CC.CC.CC.CC.CC.CC.CC.O=C1OC2CC3CC1C2C3.c1ccccc1. The van der Waals surface area contributed by atoms with E-state index in [1.165, 1.54) is 109 Å². The summed E-state index contributed by atoms with van der Waals surface area (Å²) in [5.74, 6) is 5.83. The van der Waals surface area contributed by atoms with Crippen molar-refractivity contribution in [2.24, 2.45) is 41.4 Å². The number of fused-ring (bicyclic) bond motifs is 4. The van der Waals surface area contributed by atoms with Crippen molar-refractivity contribution in [2.45, 2.75) is 237 Å². The van der Waals surface area contributed by atoms with Crippen LogP contribution in [-0.4, -0.2) is 77.1 Å². The van der Waals surface area contributed by atoms with Crippen molar-refractivity contribution in [3.05, 3.63) is 36.4 Å². The minimum atomic E-state index is 0.0926.